The van der Waals surface area contributed by atoms with E-state index in [4.69, 9.17) is 10.6 Å². The number of amidine groups is 1. The molecule has 9 heteroatoms. The van der Waals surface area contributed by atoms with Crippen molar-refractivity contribution in [2.24, 2.45) is 10.9 Å². The van der Waals surface area contributed by atoms with Crippen LogP contribution >= 0.6 is 0 Å². The highest BCUT2D eigenvalue weighted by molar-refractivity contribution is 5.97. The zero-order valence-corrected chi connectivity index (χ0v) is 15.2. The molecule has 0 aliphatic carbocycles. The molecule has 1 aromatic heterocycles. The van der Waals surface area contributed by atoms with Gasteiger partial charge in [-0.15, -0.1) is 0 Å². The maximum atomic E-state index is 13.1. The Morgan fingerprint density at radius 1 is 1.18 bits per heavy atom. The maximum absolute atomic E-state index is 13.1. The minimum atomic E-state index is -1.05. The van der Waals surface area contributed by atoms with Gasteiger partial charge in [0.2, 0.25) is 0 Å². The molecule has 148 valence electrons. The molecule has 0 unspecified atom stereocenters. The van der Waals surface area contributed by atoms with E-state index in [1.807, 2.05) is 6.07 Å². The van der Waals surface area contributed by atoms with Crippen molar-refractivity contribution in [2.75, 3.05) is 29.9 Å². The second-order valence-corrected chi connectivity index (χ2v) is 6.38. The van der Waals surface area contributed by atoms with Crippen LogP contribution in [0.1, 0.15) is 24.8 Å². The molecule has 1 aromatic carbocycles. The van der Waals surface area contributed by atoms with E-state index in [1.165, 1.54) is 12.5 Å². The Labute approximate surface area is 161 Å². The van der Waals surface area contributed by atoms with Crippen LogP contribution in [0.4, 0.5) is 20.3 Å². The van der Waals surface area contributed by atoms with E-state index in [2.05, 4.69) is 20.4 Å². The van der Waals surface area contributed by atoms with Crippen molar-refractivity contribution in [2.45, 2.75) is 19.3 Å². The first kappa shape index (κ1) is 19.5. The Bertz CT molecular complexity index is 869. The van der Waals surface area contributed by atoms with Crippen LogP contribution in [0.15, 0.2) is 41.7 Å². The van der Waals surface area contributed by atoms with Gasteiger partial charge in [0.05, 0.1) is 0 Å². The van der Waals surface area contributed by atoms with E-state index < -0.39 is 24.1 Å². The number of pyridine rings is 1. The number of nitrogens with zero attached hydrogens (tertiary/aromatic N) is 3. The molecule has 0 saturated carbocycles. The molecule has 0 atom stereocenters. The lowest BCUT2D eigenvalue weighted by Crippen LogP contribution is -2.30. The third-order valence-corrected chi connectivity index (χ3v) is 4.28. The number of piperidine rings is 1. The monoisotopic (exact) mass is 389 g/mol. The summed E-state index contributed by atoms with van der Waals surface area (Å²) in [6, 6.07) is 6.58. The number of nitrogens with one attached hydrogen (secondary N) is 1. The lowest BCUT2D eigenvalue weighted by Gasteiger charge is -2.27. The van der Waals surface area contributed by atoms with Gasteiger partial charge in [-0.3, -0.25) is 4.79 Å². The number of amides is 1. The van der Waals surface area contributed by atoms with E-state index >= 15 is 0 Å². The average molecular weight is 389 g/mol. The molecule has 7 nitrogen and oxygen atoms in total. The molecule has 28 heavy (non-hydrogen) atoms. The summed E-state index contributed by atoms with van der Waals surface area (Å²) in [5.74, 6) is -1.69. The minimum absolute atomic E-state index is 0.112. The topological polar surface area (TPSA) is 92.8 Å². The molecule has 3 rings (SSSR count). The third-order valence-electron chi connectivity index (χ3n) is 4.28. The maximum Gasteiger partial charge on any atom is 0.265 e. The summed E-state index contributed by atoms with van der Waals surface area (Å²) in [5.41, 5.74) is 6.68. The van der Waals surface area contributed by atoms with Crippen molar-refractivity contribution < 1.29 is 18.4 Å². The molecule has 1 aliphatic rings. The first-order chi connectivity index (χ1) is 13.5. The average Bonchev–Trinajstić information content (AvgIpc) is 2.71. The van der Waals surface area contributed by atoms with Gasteiger partial charge in [-0.1, -0.05) is 5.16 Å². The molecule has 2 aromatic rings. The van der Waals surface area contributed by atoms with Crippen molar-refractivity contribution >= 4 is 23.2 Å². The highest BCUT2D eigenvalue weighted by Gasteiger charge is 2.13. The lowest BCUT2D eigenvalue weighted by atomic mass is 10.1. The standard InChI is InChI=1S/C19H21F2N5O2/c20-15-5-4-14(11-16(15)21)24-18(27)12-28-25-19(22)13-6-7-23-17(10-13)26-8-2-1-3-9-26/h4-7,10-11H,1-3,8-9,12H2,(H2,22,25)(H,24,27). The summed E-state index contributed by atoms with van der Waals surface area (Å²) in [6.45, 7) is 1.48. The predicted molar refractivity (Wildman–Crippen MR) is 102 cm³/mol. The Kier molecular flexibility index (Phi) is 6.36. The summed E-state index contributed by atoms with van der Waals surface area (Å²) in [5, 5.41) is 6.13. The van der Waals surface area contributed by atoms with Gasteiger partial charge in [-0.05, 0) is 43.5 Å². The number of halogens is 2. The van der Waals surface area contributed by atoms with E-state index in [0.29, 0.717) is 5.56 Å². The number of hydrogen-bond acceptors (Lipinski definition) is 5. The Morgan fingerprint density at radius 3 is 2.71 bits per heavy atom. The first-order valence-electron chi connectivity index (χ1n) is 8.94. The van der Waals surface area contributed by atoms with Crippen LogP contribution in [0, 0.1) is 11.6 Å². The molecule has 0 radical (unpaired) electrons. The highest BCUT2D eigenvalue weighted by atomic mass is 19.2. The largest absolute Gasteiger partial charge is 0.384 e. The molecule has 1 amide bonds. The summed E-state index contributed by atoms with van der Waals surface area (Å²) in [7, 11) is 0. The predicted octanol–water partition coefficient (Wildman–Crippen LogP) is 2.63. The van der Waals surface area contributed by atoms with Crippen molar-refractivity contribution in [1.29, 1.82) is 0 Å². The number of anilines is 2. The van der Waals surface area contributed by atoms with Crippen molar-refractivity contribution in [3.63, 3.8) is 0 Å². The fourth-order valence-corrected chi connectivity index (χ4v) is 2.86. The fraction of sp³-hybridized carbons (Fsp3) is 0.316. The van der Waals surface area contributed by atoms with Gasteiger partial charge in [0.25, 0.3) is 5.91 Å². The second kappa shape index (κ2) is 9.12. The molecule has 3 N–H and O–H groups in total. The fourth-order valence-electron chi connectivity index (χ4n) is 2.86. The van der Waals surface area contributed by atoms with Crippen LogP contribution < -0.4 is 16.0 Å². The normalized spacial score (nSPS) is 14.6. The summed E-state index contributed by atoms with van der Waals surface area (Å²) >= 11 is 0. The number of benzene rings is 1. The Hall–Kier alpha value is -3.23. The molecule has 1 saturated heterocycles. The van der Waals surface area contributed by atoms with Crippen LogP contribution in [0.5, 0.6) is 0 Å². The van der Waals surface area contributed by atoms with Gasteiger partial charge in [0, 0.05) is 36.6 Å². The first-order valence-corrected chi connectivity index (χ1v) is 8.94. The summed E-state index contributed by atoms with van der Waals surface area (Å²) < 4.78 is 26.0. The van der Waals surface area contributed by atoms with Crippen molar-refractivity contribution in [1.82, 2.24) is 4.98 Å². The quantitative estimate of drug-likeness (QED) is 0.450. The molecular weight excluding hydrogens is 368 g/mol. The van der Waals surface area contributed by atoms with Gasteiger partial charge < -0.3 is 20.8 Å². The number of aromatic nitrogens is 1. The molecular formula is C19H21F2N5O2. The number of nitrogens with two attached hydrogens (primary N) is 1. The van der Waals surface area contributed by atoms with Gasteiger partial charge in [0.1, 0.15) is 5.82 Å². The van der Waals surface area contributed by atoms with E-state index in [0.717, 1.165) is 43.9 Å². The van der Waals surface area contributed by atoms with Crippen molar-refractivity contribution in [3.8, 4) is 0 Å². The van der Waals surface area contributed by atoms with E-state index in [-0.39, 0.29) is 11.5 Å². The van der Waals surface area contributed by atoms with Crippen LogP contribution in [0.25, 0.3) is 0 Å². The van der Waals surface area contributed by atoms with Crippen molar-refractivity contribution in [3.05, 3.63) is 53.7 Å². The van der Waals surface area contributed by atoms with Gasteiger partial charge in [-0.2, -0.15) is 0 Å². The van der Waals surface area contributed by atoms with E-state index in [1.54, 1.807) is 12.3 Å². The summed E-state index contributed by atoms with van der Waals surface area (Å²) in [6.07, 6.45) is 5.13. The van der Waals surface area contributed by atoms with E-state index in [9.17, 15) is 13.6 Å². The minimum Gasteiger partial charge on any atom is -0.384 e. The summed E-state index contributed by atoms with van der Waals surface area (Å²) in [4.78, 5) is 23.3. The molecule has 0 spiro atoms. The second-order valence-electron chi connectivity index (χ2n) is 6.38. The molecule has 1 aliphatic heterocycles. The molecule has 2 heterocycles. The van der Waals surface area contributed by atoms with Crippen LogP contribution in [0.3, 0.4) is 0 Å². The van der Waals surface area contributed by atoms with Crippen LogP contribution in [0.2, 0.25) is 0 Å². The zero-order chi connectivity index (χ0) is 19.9. The molecule has 1 fully saturated rings. The van der Waals surface area contributed by atoms with Gasteiger partial charge >= 0.3 is 0 Å². The number of rotatable bonds is 6. The number of carbonyl (C=O) groups excluding carboxylic acids is 1. The van der Waals surface area contributed by atoms with Gasteiger partial charge in [-0.25, -0.2) is 13.8 Å². The SMILES string of the molecule is NC(=NOCC(=O)Nc1ccc(F)c(F)c1)c1ccnc(N2CCCCC2)c1. The molecule has 0 bridgehead atoms. The number of hydrogen-bond donors (Lipinski definition) is 2. The van der Waals surface area contributed by atoms with Crippen LogP contribution in [-0.2, 0) is 9.63 Å². The lowest BCUT2D eigenvalue weighted by molar-refractivity contribution is -0.120. The Morgan fingerprint density at radius 2 is 1.96 bits per heavy atom. The van der Waals surface area contributed by atoms with Crippen LogP contribution in [-0.4, -0.2) is 36.4 Å². The number of carbonyl (C=O) groups is 1. The zero-order valence-electron chi connectivity index (χ0n) is 15.2. The van der Waals surface area contributed by atoms with Gasteiger partial charge in [0.15, 0.2) is 24.1 Å². The highest BCUT2D eigenvalue weighted by Crippen LogP contribution is 2.18. The third kappa shape index (κ3) is 5.15. The number of oxime groups is 1. The Balaban J connectivity index is 1.55. The smallest absolute Gasteiger partial charge is 0.265 e.